The molecule has 2 aromatic carbocycles. The molecule has 2 aliphatic rings. The van der Waals surface area contributed by atoms with Gasteiger partial charge in [-0.05, 0) is 55.5 Å². The number of rotatable bonds is 6. The van der Waals surface area contributed by atoms with Crippen LogP contribution in [0.5, 0.6) is 11.5 Å². The van der Waals surface area contributed by atoms with Crippen molar-refractivity contribution in [3.8, 4) is 11.5 Å². The molecule has 1 aliphatic carbocycles. The zero-order valence-electron chi connectivity index (χ0n) is 18.9. The van der Waals surface area contributed by atoms with Crippen molar-refractivity contribution < 1.29 is 19.1 Å². The molecule has 0 unspecified atom stereocenters. The summed E-state index contributed by atoms with van der Waals surface area (Å²) in [6.45, 7) is 0.717. The number of nitrogens with zero attached hydrogens (tertiary/aromatic N) is 1. The lowest BCUT2D eigenvalue weighted by Crippen LogP contribution is -2.32. The molecule has 8 nitrogen and oxygen atoms in total. The summed E-state index contributed by atoms with van der Waals surface area (Å²) in [7, 11) is 0. The molecular weight excluding hydrogens is 464 g/mol. The van der Waals surface area contributed by atoms with E-state index in [9.17, 15) is 9.59 Å². The van der Waals surface area contributed by atoms with Gasteiger partial charge in [-0.25, -0.2) is 4.98 Å². The van der Waals surface area contributed by atoms with Crippen LogP contribution in [0.4, 0.5) is 5.13 Å². The van der Waals surface area contributed by atoms with Crippen LogP contribution in [-0.4, -0.2) is 35.1 Å². The van der Waals surface area contributed by atoms with Crippen molar-refractivity contribution in [3.05, 3.63) is 70.4 Å². The Hall–Kier alpha value is -3.85. The molecule has 178 valence electrons. The molecule has 0 radical (unpaired) electrons. The maximum atomic E-state index is 13.0. The number of ether oxygens (including phenoxy) is 2. The standard InChI is InChI=1S/C26H24N4O4S/c31-24(15-8-9-20-21(12-15)34-14-33-20)30-26-29-23-18(5-3-7-22(23)35-26)25(32)27-11-10-16-13-28-19-6-2-1-4-17(16)19/h1-2,4,6,8-9,12-13,18,28H,3,5,7,10-11,14H2,(H,27,32)(H,29,30,31)/t18-/m1/s1. The second-order valence-corrected chi connectivity index (χ2v) is 9.78. The number of anilines is 1. The van der Waals surface area contributed by atoms with Crippen molar-refractivity contribution in [2.75, 3.05) is 18.7 Å². The third-order valence-electron chi connectivity index (χ3n) is 6.49. The lowest BCUT2D eigenvalue weighted by Gasteiger charge is -2.20. The predicted molar refractivity (Wildman–Crippen MR) is 133 cm³/mol. The van der Waals surface area contributed by atoms with E-state index in [1.807, 2.05) is 24.4 Å². The van der Waals surface area contributed by atoms with E-state index in [2.05, 4.69) is 26.7 Å². The predicted octanol–water partition coefficient (Wildman–Crippen LogP) is 4.38. The van der Waals surface area contributed by atoms with Crippen LogP contribution in [0.15, 0.2) is 48.7 Å². The number of benzene rings is 2. The molecule has 0 saturated carbocycles. The number of amides is 2. The Labute approximate surface area is 205 Å². The van der Waals surface area contributed by atoms with Gasteiger partial charge in [0.1, 0.15) is 0 Å². The van der Waals surface area contributed by atoms with Gasteiger partial charge in [0.05, 0.1) is 11.6 Å². The summed E-state index contributed by atoms with van der Waals surface area (Å²) in [6.07, 6.45) is 5.30. The molecule has 6 rings (SSSR count). The van der Waals surface area contributed by atoms with Crippen molar-refractivity contribution in [1.82, 2.24) is 15.3 Å². The van der Waals surface area contributed by atoms with Crippen LogP contribution in [0, 0.1) is 0 Å². The summed E-state index contributed by atoms with van der Waals surface area (Å²) in [4.78, 5) is 34.8. The van der Waals surface area contributed by atoms with Crippen molar-refractivity contribution >= 4 is 39.2 Å². The maximum Gasteiger partial charge on any atom is 0.257 e. The normalized spacial score (nSPS) is 16.2. The summed E-state index contributed by atoms with van der Waals surface area (Å²) in [5.41, 5.74) is 3.54. The van der Waals surface area contributed by atoms with E-state index in [0.29, 0.717) is 28.7 Å². The van der Waals surface area contributed by atoms with E-state index in [1.165, 1.54) is 22.3 Å². The highest BCUT2D eigenvalue weighted by atomic mass is 32.1. The summed E-state index contributed by atoms with van der Waals surface area (Å²) < 4.78 is 10.7. The van der Waals surface area contributed by atoms with Crippen LogP contribution in [-0.2, 0) is 17.6 Å². The summed E-state index contributed by atoms with van der Waals surface area (Å²) in [5, 5.41) is 7.67. The summed E-state index contributed by atoms with van der Waals surface area (Å²) in [6, 6.07) is 13.2. The molecule has 3 N–H and O–H groups in total. The third kappa shape index (κ3) is 4.23. The highest BCUT2D eigenvalue weighted by Crippen LogP contribution is 2.37. The smallest absolute Gasteiger partial charge is 0.257 e. The summed E-state index contributed by atoms with van der Waals surface area (Å²) >= 11 is 1.45. The van der Waals surface area contributed by atoms with Crippen LogP contribution < -0.4 is 20.1 Å². The molecule has 0 bridgehead atoms. The molecule has 2 amide bonds. The van der Waals surface area contributed by atoms with Gasteiger partial charge in [0.25, 0.3) is 5.91 Å². The average molecular weight is 489 g/mol. The number of fused-ring (bicyclic) bond motifs is 3. The molecule has 35 heavy (non-hydrogen) atoms. The van der Waals surface area contributed by atoms with Crippen LogP contribution in [0.2, 0.25) is 0 Å². The number of carbonyl (C=O) groups is 2. The fraction of sp³-hybridized carbons (Fsp3) is 0.269. The number of H-pyrrole nitrogens is 1. The zero-order valence-corrected chi connectivity index (χ0v) is 19.7. The number of aryl methyl sites for hydroxylation is 1. The Bertz CT molecular complexity index is 1430. The molecule has 0 spiro atoms. The molecule has 4 aromatic rings. The first-order chi connectivity index (χ1) is 17.2. The molecular formula is C26H24N4O4S. The number of carbonyl (C=O) groups excluding carboxylic acids is 2. The lowest BCUT2D eigenvalue weighted by atomic mass is 9.90. The molecule has 1 aliphatic heterocycles. The zero-order chi connectivity index (χ0) is 23.8. The Morgan fingerprint density at radius 3 is 2.97 bits per heavy atom. The molecule has 0 fully saturated rings. The second kappa shape index (κ2) is 9.07. The number of aromatic amines is 1. The van der Waals surface area contributed by atoms with E-state index in [-0.39, 0.29) is 24.5 Å². The number of para-hydroxylation sites is 1. The van der Waals surface area contributed by atoms with Gasteiger partial charge in [0.15, 0.2) is 16.6 Å². The lowest BCUT2D eigenvalue weighted by molar-refractivity contribution is -0.122. The van der Waals surface area contributed by atoms with E-state index in [4.69, 9.17) is 9.47 Å². The van der Waals surface area contributed by atoms with Gasteiger partial charge >= 0.3 is 0 Å². The molecule has 2 aromatic heterocycles. The van der Waals surface area contributed by atoms with Gasteiger partial charge in [-0.3, -0.25) is 14.9 Å². The van der Waals surface area contributed by atoms with Crippen LogP contribution in [0.1, 0.15) is 45.3 Å². The topological polar surface area (TPSA) is 105 Å². The number of nitrogens with one attached hydrogen (secondary N) is 3. The fourth-order valence-corrected chi connectivity index (χ4v) is 5.78. The fourth-order valence-electron chi connectivity index (χ4n) is 4.72. The van der Waals surface area contributed by atoms with Gasteiger partial charge in [-0.15, -0.1) is 11.3 Å². The Morgan fingerprint density at radius 1 is 1.14 bits per heavy atom. The monoisotopic (exact) mass is 488 g/mol. The largest absolute Gasteiger partial charge is 0.454 e. The third-order valence-corrected chi connectivity index (χ3v) is 7.54. The van der Waals surface area contributed by atoms with E-state index >= 15 is 0 Å². The van der Waals surface area contributed by atoms with Crippen molar-refractivity contribution in [1.29, 1.82) is 0 Å². The minimum Gasteiger partial charge on any atom is -0.454 e. The van der Waals surface area contributed by atoms with Crippen LogP contribution in [0.3, 0.4) is 0 Å². The van der Waals surface area contributed by atoms with Crippen molar-refractivity contribution in [3.63, 3.8) is 0 Å². The molecule has 9 heteroatoms. The van der Waals surface area contributed by atoms with E-state index in [1.54, 1.807) is 18.2 Å². The van der Waals surface area contributed by atoms with Crippen molar-refractivity contribution in [2.45, 2.75) is 31.6 Å². The second-order valence-electron chi connectivity index (χ2n) is 8.69. The van der Waals surface area contributed by atoms with Gasteiger partial charge in [0.2, 0.25) is 12.7 Å². The molecule has 1 atom stereocenters. The van der Waals surface area contributed by atoms with Gasteiger partial charge in [-0.2, -0.15) is 0 Å². The Balaban J connectivity index is 1.11. The first-order valence-corrected chi connectivity index (χ1v) is 12.5. The summed E-state index contributed by atoms with van der Waals surface area (Å²) in [5.74, 6) is 0.610. The number of hydrogen-bond donors (Lipinski definition) is 3. The molecule has 3 heterocycles. The Kier molecular flexibility index (Phi) is 5.61. The SMILES string of the molecule is O=C(Nc1nc2c(s1)CCC[C@H]2C(=O)NCCc1c[nH]c2ccccc12)c1ccc2c(c1)OCO2. The number of hydrogen-bond acceptors (Lipinski definition) is 6. The first kappa shape index (κ1) is 21.7. The van der Waals surface area contributed by atoms with Crippen LogP contribution in [0.25, 0.3) is 10.9 Å². The number of thiazole rings is 1. The minimum atomic E-state index is -0.297. The van der Waals surface area contributed by atoms with Gasteiger partial charge in [-0.1, -0.05) is 18.2 Å². The molecule has 0 saturated heterocycles. The first-order valence-electron chi connectivity index (χ1n) is 11.7. The van der Waals surface area contributed by atoms with Gasteiger partial charge < -0.3 is 19.8 Å². The quantitative estimate of drug-likeness (QED) is 0.373. The maximum absolute atomic E-state index is 13.0. The van der Waals surface area contributed by atoms with E-state index < -0.39 is 0 Å². The average Bonchev–Trinajstić information content (AvgIpc) is 3.61. The van der Waals surface area contributed by atoms with Crippen molar-refractivity contribution in [2.24, 2.45) is 0 Å². The number of aromatic nitrogens is 2. The highest BCUT2D eigenvalue weighted by molar-refractivity contribution is 7.16. The Morgan fingerprint density at radius 2 is 2.03 bits per heavy atom. The van der Waals surface area contributed by atoms with Crippen LogP contribution >= 0.6 is 11.3 Å². The van der Waals surface area contributed by atoms with E-state index in [0.717, 1.165) is 41.8 Å². The van der Waals surface area contributed by atoms with Gasteiger partial charge in [0, 0.05) is 34.1 Å². The minimum absolute atomic E-state index is 0.00950. The highest BCUT2D eigenvalue weighted by Gasteiger charge is 2.30.